The Kier molecular flexibility index (Phi) is 8.09. The van der Waals surface area contributed by atoms with Gasteiger partial charge in [-0.1, -0.05) is 73.4 Å². The van der Waals surface area contributed by atoms with Crippen molar-refractivity contribution in [1.82, 2.24) is 24.6 Å². The second-order valence-electron chi connectivity index (χ2n) is 12.8. The largest absolute Gasteiger partial charge is 0.445 e. The summed E-state index contributed by atoms with van der Waals surface area (Å²) in [5.74, 6) is 1.08. The van der Waals surface area contributed by atoms with E-state index in [2.05, 4.69) is 23.9 Å². The van der Waals surface area contributed by atoms with Crippen molar-refractivity contribution in [2.75, 3.05) is 26.2 Å². The van der Waals surface area contributed by atoms with Crippen LogP contribution in [0.25, 0.3) is 0 Å². The average molecular weight is 621 g/mol. The van der Waals surface area contributed by atoms with E-state index >= 15 is 0 Å². The summed E-state index contributed by atoms with van der Waals surface area (Å²) in [5, 5.41) is 5.39. The average Bonchev–Trinajstić information content (AvgIpc) is 3.39. The fourth-order valence-electron chi connectivity index (χ4n) is 5.80. The van der Waals surface area contributed by atoms with Crippen LogP contribution < -0.4 is 0 Å². The first-order chi connectivity index (χ1) is 20.6. The molecule has 1 unspecified atom stereocenters. The number of carbonyl (C=O) groups is 2. The van der Waals surface area contributed by atoms with Gasteiger partial charge in [0, 0.05) is 44.2 Å². The summed E-state index contributed by atoms with van der Waals surface area (Å²) in [4.78, 5) is 33.0. The van der Waals surface area contributed by atoms with Crippen LogP contribution in [0.3, 0.4) is 0 Å². The third kappa shape index (κ3) is 6.65. The SMILES string of the molecule is CC1(C)CC1.O=CN1CC2(C1)CN(C(=O)c1cnn(Cc3ccccc3)c1)CC2c1ncc(Cc2ccc(Cl)c(Cl)c2)o1. The van der Waals surface area contributed by atoms with Gasteiger partial charge < -0.3 is 14.2 Å². The molecule has 0 N–H and O–H groups in total. The number of amides is 2. The predicted octanol–water partition coefficient (Wildman–Crippen LogP) is 6.32. The van der Waals surface area contributed by atoms with E-state index in [0.717, 1.165) is 23.0 Å². The van der Waals surface area contributed by atoms with Gasteiger partial charge in [-0.2, -0.15) is 5.10 Å². The van der Waals surface area contributed by atoms with E-state index in [-0.39, 0.29) is 17.2 Å². The minimum atomic E-state index is -0.289. The fourth-order valence-corrected chi connectivity index (χ4v) is 6.12. The minimum absolute atomic E-state index is 0.0849. The third-order valence-corrected chi connectivity index (χ3v) is 9.41. The van der Waals surface area contributed by atoms with Crippen molar-refractivity contribution in [3.63, 3.8) is 0 Å². The molecule has 1 saturated carbocycles. The molecule has 0 radical (unpaired) electrons. The smallest absolute Gasteiger partial charge is 0.257 e. The van der Waals surface area contributed by atoms with Gasteiger partial charge in [-0.3, -0.25) is 14.3 Å². The lowest BCUT2D eigenvalue weighted by Crippen LogP contribution is -2.59. The molecule has 3 aliphatic rings. The Morgan fingerprint density at radius 3 is 2.44 bits per heavy atom. The van der Waals surface area contributed by atoms with Crippen LogP contribution in [0.5, 0.6) is 0 Å². The predicted molar refractivity (Wildman–Crippen MR) is 165 cm³/mol. The van der Waals surface area contributed by atoms with Crippen molar-refractivity contribution in [2.45, 2.75) is 45.6 Å². The third-order valence-electron chi connectivity index (χ3n) is 8.67. The van der Waals surface area contributed by atoms with Crippen LogP contribution >= 0.6 is 23.2 Å². The number of hydrogen-bond donors (Lipinski definition) is 0. The van der Waals surface area contributed by atoms with Gasteiger partial charge in [0.15, 0.2) is 5.89 Å². The highest BCUT2D eigenvalue weighted by Crippen LogP contribution is 2.49. The Bertz CT molecular complexity index is 1600. The van der Waals surface area contributed by atoms with Crippen LogP contribution in [0, 0.1) is 10.8 Å². The number of halogens is 2. The zero-order chi connectivity index (χ0) is 30.2. The molecule has 2 aromatic carbocycles. The molecular weight excluding hydrogens is 585 g/mol. The van der Waals surface area contributed by atoms with Crippen LogP contribution in [0.15, 0.2) is 71.5 Å². The lowest BCUT2D eigenvalue weighted by atomic mass is 9.72. The molecule has 2 amide bonds. The second kappa shape index (κ2) is 11.8. The van der Waals surface area contributed by atoms with Gasteiger partial charge in [-0.15, -0.1) is 0 Å². The highest BCUT2D eigenvalue weighted by atomic mass is 35.5. The molecule has 2 saturated heterocycles. The normalized spacial score (nSPS) is 19.5. The number of benzene rings is 2. The summed E-state index contributed by atoms with van der Waals surface area (Å²) in [6.45, 7) is 7.29. The molecule has 4 heterocycles. The number of nitrogens with zero attached hydrogens (tertiary/aromatic N) is 5. The molecular formula is C33H35Cl2N5O3. The standard InChI is InChI=1S/C28H25Cl2N5O3.C5H10/c29-24-7-6-20(9-25(24)30)8-22-11-31-26(38-22)23-14-34(17-28(23)15-33(16-28)18-36)27(37)21-10-32-35(13-21)12-19-4-2-1-3-5-19;1-5(2)3-4-5/h1-7,9-11,13,18,23H,8,12,14-17H2;3-4H2,1-2H3. The summed E-state index contributed by atoms with van der Waals surface area (Å²) in [7, 11) is 0. The van der Waals surface area contributed by atoms with Gasteiger partial charge in [0.2, 0.25) is 6.41 Å². The summed E-state index contributed by atoms with van der Waals surface area (Å²) in [6.07, 6.45) is 9.40. The Labute approximate surface area is 261 Å². The molecule has 3 fully saturated rings. The molecule has 1 aliphatic carbocycles. The first-order valence-corrected chi connectivity index (χ1v) is 15.3. The molecule has 43 heavy (non-hydrogen) atoms. The van der Waals surface area contributed by atoms with Crippen LogP contribution in [-0.4, -0.2) is 63.1 Å². The van der Waals surface area contributed by atoms with Gasteiger partial charge in [-0.25, -0.2) is 4.98 Å². The molecule has 224 valence electrons. The second-order valence-corrected chi connectivity index (χ2v) is 13.6. The van der Waals surface area contributed by atoms with Crippen molar-refractivity contribution in [2.24, 2.45) is 10.8 Å². The van der Waals surface area contributed by atoms with E-state index < -0.39 is 0 Å². The molecule has 2 aliphatic heterocycles. The molecule has 1 spiro atoms. The van der Waals surface area contributed by atoms with Crippen molar-refractivity contribution < 1.29 is 14.0 Å². The maximum absolute atomic E-state index is 13.5. The maximum Gasteiger partial charge on any atom is 0.257 e. The lowest BCUT2D eigenvalue weighted by molar-refractivity contribution is -0.129. The Hall–Kier alpha value is -3.62. The van der Waals surface area contributed by atoms with Crippen molar-refractivity contribution in [1.29, 1.82) is 0 Å². The Morgan fingerprint density at radius 1 is 1.02 bits per heavy atom. The van der Waals surface area contributed by atoms with E-state index in [0.29, 0.717) is 66.4 Å². The monoisotopic (exact) mass is 619 g/mol. The van der Waals surface area contributed by atoms with Gasteiger partial charge >= 0.3 is 0 Å². The molecule has 0 bridgehead atoms. The highest BCUT2D eigenvalue weighted by Gasteiger charge is 2.57. The molecule has 2 aromatic heterocycles. The number of carbonyl (C=O) groups excluding carboxylic acids is 2. The number of oxazole rings is 1. The van der Waals surface area contributed by atoms with Crippen LogP contribution in [-0.2, 0) is 17.8 Å². The molecule has 1 atom stereocenters. The lowest BCUT2D eigenvalue weighted by Gasteiger charge is -2.48. The maximum atomic E-state index is 13.5. The van der Waals surface area contributed by atoms with Crippen molar-refractivity contribution >= 4 is 35.5 Å². The topological polar surface area (TPSA) is 84.5 Å². The number of likely N-dealkylation sites (tertiary alicyclic amines) is 2. The summed E-state index contributed by atoms with van der Waals surface area (Å²) >= 11 is 12.2. The number of aromatic nitrogens is 3. The zero-order valence-corrected chi connectivity index (χ0v) is 25.9. The number of rotatable bonds is 7. The van der Waals surface area contributed by atoms with Gasteiger partial charge in [0.05, 0.1) is 40.5 Å². The van der Waals surface area contributed by atoms with E-state index in [1.54, 1.807) is 34.2 Å². The summed E-state index contributed by atoms with van der Waals surface area (Å²) in [5.41, 5.74) is 3.07. The highest BCUT2D eigenvalue weighted by molar-refractivity contribution is 6.42. The van der Waals surface area contributed by atoms with Crippen molar-refractivity contribution in [3.8, 4) is 0 Å². The molecule has 4 aromatic rings. The van der Waals surface area contributed by atoms with E-state index in [9.17, 15) is 9.59 Å². The quantitative estimate of drug-likeness (QED) is 0.226. The zero-order valence-electron chi connectivity index (χ0n) is 24.4. The van der Waals surface area contributed by atoms with Crippen LogP contribution in [0.4, 0.5) is 0 Å². The van der Waals surface area contributed by atoms with Crippen LogP contribution in [0.2, 0.25) is 10.0 Å². The van der Waals surface area contributed by atoms with Gasteiger partial charge in [0.25, 0.3) is 5.91 Å². The minimum Gasteiger partial charge on any atom is -0.445 e. The van der Waals surface area contributed by atoms with E-state index in [1.165, 1.54) is 12.8 Å². The Morgan fingerprint density at radius 2 is 1.77 bits per heavy atom. The summed E-state index contributed by atoms with van der Waals surface area (Å²) in [6, 6.07) is 15.5. The van der Waals surface area contributed by atoms with Gasteiger partial charge in [-0.05, 0) is 41.5 Å². The molecule has 8 nitrogen and oxygen atoms in total. The fraction of sp³-hybridized carbons (Fsp3) is 0.394. The Balaban J connectivity index is 0.000000599. The first kappa shape index (κ1) is 29.5. The van der Waals surface area contributed by atoms with E-state index in [1.807, 2.05) is 47.4 Å². The summed E-state index contributed by atoms with van der Waals surface area (Å²) < 4.78 is 7.97. The van der Waals surface area contributed by atoms with Crippen LogP contribution in [0.1, 0.15) is 65.7 Å². The first-order valence-electron chi connectivity index (χ1n) is 14.6. The molecule has 10 heteroatoms. The molecule has 7 rings (SSSR count). The van der Waals surface area contributed by atoms with Crippen molar-refractivity contribution in [3.05, 3.63) is 106 Å². The van der Waals surface area contributed by atoms with Gasteiger partial charge in [0.1, 0.15) is 5.76 Å². The van der Waals surface area contributed by atoms with E-state index in [4.69, 9.17) is 27.6 Å². The number of hydrogen-bond acceptors (Lipinski definition) is 5.